The minimum Gasteiger partial charge on any atom is -0.454 e. The first-order chi connectivity index (χ1) is 9.63. The molecule has 0 radical (unpaired) electrons. The summed E-state index contributed by atoms with van der Waals surface area (Å²) in [4.78, 5) is 0. The lowest BCUT2D eigenvalue weighted by atomic mass is 10.1. The third-order valence-electron chi connectivity index (χ3n) is 3.19. The molecular formula is C15H13BrFNO2. The van der Waals surface area contributed by atoms with Crippen molar-refractivity contribution < 1.29 is 13.9 Å². The van der Waals surface area contributed by atoms with Crippen molar-refractivity contribution in [3.63, 3.8) is 0 Å². The van der Waals surface area contributed by atoms with E-state index >= 15 is 0 Å². The van der Waals surface area contributed by atoms with Gasteiger partial charge < -0.3 is 14.8 Å². The standard InChI is InChI=1S/C15H13BrFNO2/c1-9-4-12(17)11(16)6-13(9)18-7-10-2-3-14-15(5-10)20-8-19-14/h2-6,18H,7-8H2,1H3. The van der Waals surface area contributed by atoms with Crippen molar-refractivity contribution in [2.75, 3.05) is 12.1 Å². The van der Waals surface area contributed by atoms with E-state index in [0.717, 1.165) is 28.3 Å². The number of aryl methyl sites for hydroxylation is 1. The van der Waals surface area contributed by atoms with Crippen molar-refractivity contribution in [2.45, 2.75) is 13.5 Å². The first kappa shape index (κ1) is 13.2. The molecule has 1 heterocycles. The Morgan fingerprint density at radius 2 is 2.00 bits per heavy atom. The Balaban J connectivity index is 1.75. The number of ether oxygens (including phenoxy) is 2. The Morgan fingerprint density at radius 3 is 2.85 bits per heavy atom. The number of halogens is 2. The number of hydrogen-bond donors (Lipinski definition) is 1. The number of nitrogens with one attached hydrogen (secondary N) is 1. The fraction of sp³-hybridized carbons (Fsp3) is 0.200. The molecule has 0 unspecified atom stereocenters. The maximum atomic E-state index is 13.4. The number of hydrogen-bond acceptors (Lipinski definition) is 3. The molecule has 0 bridgehead atoms. The summed E-state index contributed by atoms with van der Waals surface area (Å²) in [5, 5.41) is 3.30. The lowest BCUT2D eigenvalue weighted by Gasteiger charge is -2.11. The molecule has 3 nitrogen and oxygen atoms in total. The average Bonchev–Trinajstić information content (AvgIpc) is 2.89. The molecule has 0 atom stereocenters. The summed E-state index contributed by atoms with van der Waals surface area (Å²) in [6, 6.07) is 9.08. The zero-order valence-electron chi connectivity index (χ0n) is 10.9. The molecule has 1 aliphatic heterocycles. The molecule has 1 aliphatic rings. The van der Waals surface area contributed by atoms with Crippen molar-refractivity contribution in [1.82, 2.24) is 0 Å². The first-order valence-corrected chi connectivity index (χ1v) is 7.01. The lowest BCUT2D eigenvalue weighted by Crippen LogP contribution is -2.01. The van der Waals surface area contributed by atoms with E-state index in [1.165, 1.54) is 6.07 Å². The Morgan fingerprint density at radius 1 is 1.20 bits per heavy atom. The summed E-state index contributed by atoms with van der Waals surface area (Å²) in [7, 11) is 0. The fourth-order valence-corrected chi connectivity index (χ4v) is 2.43. The molecule has 3 rings (SSSR count). The highest BCUT2D eigenvalue weighted by Gasteiger charge is 2.13. The smallest absolute Gasteiger partial charge is 0.231 e. The van der Waals surface area contributed by atoms with Crippen LogP contribution in [-0.2, 0) is 6.54 Å². The van der Waals surface area contributed by atoms with Crippen molar-refractivity contribution in [3.05, 3.63) is 51.7 Å². The van der Waals surface area contributed by atoms with Gasteiger partial charge in [-0.2, -0.15) is 0 Å². The Bertz CT molecular complexity index is 661. The van der Waals surface area contributed by atoms with Gasteiger partial charge in [0.1, 0.15) is 5.82 Å². The maximum Gasteiger partial charge on any atom is 0.231 e. The van der Waals surface area contributed by atoms with Crippen LogP contribution in [0.25, 0.3) is 0 Å². The predicted octanol–water partition coefficient (Wildman–Crippen LogP) is 4.24. The van der Waals surface area contributed by atoms with E-state index in [1.54, 1.807) is 6.07 Å². The minimum absolute atomic E-state index is 0.254. The molecule has 5 heteroatoms. The van der Waals surface area contributed by atoms with Crippen molar-refractivity contribution in [1.29, 1.82) is 0 Å². The fourth-order valence-electron chi connectivity index (χ4n) is 2.08. The molecule has 0 amide bonds. The second-order valence-corrected chi connectivity index (χ2v) is 5.48. The third kappa shape index (κ3) is 2.58. The maximum absolute atomic E-state index is 13.4. The predicted molar refractivity (Wildman–Crippen MR) is 78.7 cm³/mol. The quantitative estimate of drug-likeness (QED) is 0.908. The van der Waals surface area contributed by atoms with E-state index in [9.17, 15) is 4.39 Å². The van der Waals surface area contributed by atoms with E-state index in [1.807, 2.05) is 25.1 Å². The molecule has 20 heavy (non-hydrogen) atoms. The molecule has 2 aromatic carbocycles. The van der Waals surface area contributed by atoms with Crippen LogP contribution >= 0.6 is 15.9 Å². The van der Waals surface area contributed by atoms with Gasteiger partial charge >= 0.3 is 0 Å². The van der Waals surface area contributed by atoms with E-state index in [-0.39, 0.29) is 12.6 Å². The summed E-state index contributed by atoms with van der Waals surface area (Å²) >= 11 is 3.20. The average molecular weight is 338 g/mol. The number of fused-ring (bicyclic) bond motifs is 1. The van der Waals surface area contributed by atoms with Gasteiger partial charge in [-0.25, -0.2) is 4.39 Å². The molecule has 0 saturated carbocycles. The molecular weight excluding hydrogens is 325 g/mol. The van der Waals surface area contributed by atoms with Gasteiger partial charge in [0.25, 0.3) is 0 Å². The van der Waals surface area contributed by atoms with Crippen molar-refractivity contribution >= 4 is 21.6 Å². The van der Waals surface area contributed by atoms with Gasteiger partial charge in [0.05, 0.1) is 4.47 Å². The molecule has 1 N–H and O–H groups in total. The molecule has 0 spiro atoms. The highest BCUT2D eigenvalue weighted by atomic mass is 79.9. The van der Waals surface area contributed by atoms with Gasteiger partial charge in [0.15, 0.2) is 11.5 Å². The lowest BCUT2D eigenvalue weighted by molar-refractivity contribution is 0.174. The topological polar surface area (TPSA) is 30.5 Å². The Labute approximate surface area is 124 Å². The van der Waals surface area contributed by atoms with E-state index < -0.39 is 0 Å². The van der Waals surface area contributed by atoms with Crippen LogP contribution in [0.2, 0.25) is 0 Å². The molecule has 2 aromatic rings. The highest BCUT2D eigenvalue weighted by molar-refractivity contribution is 9.10. The Hall–Kier alpha value is -1.75. The van der Waals surface area contributed by atoms with Crippen LogP contribution in [0.5, 0.6) is 11.5 Å². The van der Waals surface area contributed by atoms with Crippen LogP contribution in [0.4, 0.5) is 10.1 Å². The third-order valence-corrected chi connectivity index (χ3v) is 3.79. The normalized spacial score (nSPS) is 12.6. The summed E-state index contributed by atoms with van der Waals surface area (Å²) in [6.07, 6.45) is 0. The minimum atomic E-state index is -0.254. The molecule has 104 valence electrons. The number of anilines is 1. The van der Waals surface area contributed by atoms with E-state index in [4.69, 9.17) is 9.47 Å². The Kier molecular flexibility index (Phi) is 3.53. The van der Waals surface area contributed by atoms with Gasteiger partial charge in [-0.3, -0.25) is 0 Å². The van der Waals surface area contributed by atoms with Crippen LogP contribution in [0.1, 0.15) is 11.1 Å². The zero-order valence-corrected chi connectivity index (χ0v) is 12.5. The number of rotatable bonds is 3. The van der Waals surface area contributed by atoms with Crippen molar-refractivity contribution in [3.8, 4) is 11.5 Å². The molecule has 0 saturated heterocycles. The van der Waals surface area contributed by atoms with Gasteiger partial charge in [-0.1, -0.05) is 6.07 Å². The zero-order chi connectivity index (χ0) is 14.1. The molecule has 0 aromatic heterocycles. The number of benzene rings is 2. The summed E-state index contributed by atoms with van der Waals surface area (Å²) in [5.41, 5.74) is 2.84. The second kappa shape index (κ2) is 5.32. The largest absolute Gasteiger partial charge is 0.454 e. The van der Waals surface area contributed by atoms with E-state index in [0.29, 0.717) is 11.0 Å². The van der Waals surface area contributed by atoms with Crippen LogP contribution in [0, 0.1) is 12.7 Å². The van der Waals surface area contributed by atoms with Crippen LogP contribution in [-0.4, -0.2) is 6.79 Å². The van der Waals surface area contributed by atoms with Crippen molar-refractivity contribution in [2.24, 2.45) is 0 Å². The summed E-state index contributed by atoms with van der Waals surface area (Å²) in [6.45, 7) is 2.78. The van der Waals surface area contributed by atoms with Crippen LogP contribution in [0.15, 0.2) is 34.8 Å². The first-order valence-electron chi connectivity index (χ1n) is 6.21. The molecule has 0 fully saturated rings. The van der Waals surface area contributed by atoms with E-state index in [2.05, 4.69) is 21.2 Å². The van der Waals surface area contributed by atoms with Gasteiger partial charge in [0.2, 0.25) is 6.79 Å². The van der Waals surface area contributed by atoms with Gasteiger partial charge in [-0.15, -0.1) is 0 Å². The summed E-state index contributed by atoms with van der Waals surface area (Å²) < 4.78 is 24.4. The van der Waals surface area contributed by atoms with Gasteiger partial charge in [0, 0.05) is 12.2 Å². The summed E-state index contributed by atoms with van der Waals surface area (Å²) in [5.74, 6) is 1.28. The highest BCUT2D eigenvalue weighted by Crippen LogP contribution is 2.33. The van der Waals surface area contributed by atoms with Crippen LogP contribution < -0.4 is 14.8 Å². The second-order valence-electron chi connectivity index (χ2n) is 4.62. The van der Waals surface area contributed by atoms with Crippen LogP contribution in [0.3, 0.4) is 0 Å². The van der Waals surface area contributed by atoms with Gasteiger partial charge in [-0.05, 0) is 58.2 Å². The monoisotopic (exact) mass is 337 g/mol. The SMILES string of the molecule is Cc1cc(F)c(Br)cc1NCc1ccc2c(c1)OCO2. The molecule has 0 aliphatic carbocycles.